The van der Waals surface area contributed by atoms with E-state index in [4.69, 9.17) is 5.73 Å². The molecule has 0 aliphatic heterocycles. The second kappa shape index (κ2) is 8.15. The van der Waals surface area contributed by atoms with E-state index in [1.165, 1.54) is 0 Å². The van der Waals surface area contributed by atoms with Crippen LogP contribution in [0, 0.1) is 5.41 Å². The highest BCUT2D eigenvalue weighted by molar-refractivity contribution is 8.00. The van der Waals surface area contributed by atoms with Crippen molar-refractivity contribution in [3.05, 3.63) is 0 Å². The third kappa shape index (κ3) is 7.83. The summed E-state index contributed by atoms with van der Waals surface area (Å²) in [5, 5.41) is 3.05. The Morgan fingerprint density at radius 2 is 1.79 bits per heavy atom. The highest BCUT2D eigenvalue weighted by atomic mass is 32.2. The summed E-state index contributed by atoms with van der Waals surface area (Å²) in [6, 6.07) is -0.0491. The molecule has 0 radical (unpaired) electrons. The predicted octanol–water partition coefficient (Wildman–Crippen LogP) is 3.18. The largest absolute Gasteiger partial charge is 0.355 e. The van der Waals surface area contributed by atoms with Gasteiger partial charge >= 0.3 is 0 Å². The number of nitrogens with one attached hydrogen (secondary N) is 1. The lowest BCUT2D eigenvalue weighted by atomic mass is 9.87. The van der Waals surface area contributed by atoms with Gasteiger partial charge in [0.05, 0.1) is 0 Å². The lowest BCUT2D eigenvalue weighted by Gasteiger charge is -2.30. The zero-order valence-corrected chi connectivity index (χ0v) is 14.3. The van der Waals surface area contributed by atoms with Crippen LogP contribution in [0.2, 0.25) is 0 Å². The van der Waals surface area contributed by atoms with Gasteiger partial charge in [-0.2, -0.15) is 11.8 Å². The van der Waals surface area contributed by atoms with Gasteiger partial charge < -0.3 is 11.1 Å². The van der Waals surface area contributed by atoms with Crippen LogP contribution in [0.4, 0.5) is 0 Å². The minimum atomic E-state index is -0.0491. The number of carbonyl (C=O) groups excluding carboxylic acids is 1. The number of rotatable bonds is 8. The van der Waals surface area contributed by atoms with Crippen molar-refractivity contribution >= 4 is 17.7 Å². The summed E-state index contributed by atoms with van der Waals surface area (Å²) in [6.07, 6.45) is 5.55. The summed E-state index contributed by atoms with van der Waals surface area (Å²) in [6.45, 7) is 11.5. The lowest BCUT2D eigenvalue weighted by Crippen LogP contribution is -2.41. The minimum absolute atomic E-state index is 0.0491. The van der Waals surface area contributed by atoms with E-state index < -0.39 is 0 Å². The molecule has 0 rings (SSSR count). The van der Waals surface area contributed by atoms with Crippen molar-refractivity contribution in [2.75, 3.05) is 12.8 Å². The van der Waals surface area contributed by atoms with Crippen LogP contribution in [-0.4, -0.2) is 29.5 Å². The van der Waals surface area contributed by atoms with E-state index in [0.29, 0.717) is 6.42 Å². The first-order chi connectivity index (χ1) is 8.68. The Hall–Kier alpha value is -0.220. The normalized spacial score (nSPS) is 14.3. The second-order valence-corrected chi connectivity index (χ2v) is 7.87. The standard InChI is InChI=1S/C15H32N2OS/c1-7-15(8-2,19-6)11-17-13(18)9-12(16)10-14(3,4)5/h12H,7-11,16H2,1-6H3,(H,17,18). The molecule has 0 aliphatic rings. The molecule has 0 fully saturated rings. The molecule has 0 heterocycles. The SMILES string of the molecule is CCC(CC)(CNC(=O)CC(N)CC(C)(C)C)SC. The van der Waals surface area contributed by atoms with Crippen molar-refractivity contribution in [1.82, 2.24) is 5.32 Å². The molecule has 1 atom stereocenters. The molecule has 3 nitrogen and oxygen atoms in total. The van der Waals surface area contributed by atoms with E-state index >= 15 is 0 Å². The van der Waals surface area contributed by atoms with Gasteiger partial charge in [-0.1, -0.05) is 34.6 Å². The summed E-state index contributed by atoms with van der Waals surface area (Å²) >= 11 is 1.84. The van der Waals surface area contributed by atoms with Crippen LogP contribution in [0.15, 0.2) is 0 Å². The smallest absolute Gasteiger partial charge is 0.221 e. The summed E-state index contributed by atoms with van der Waals surface area (Å²) in [5.74, 6) is 0.0806. The molecule has 1 unspecified atom stereocenters. The Bertz CT molecular complexity index is 262. The zero-order chi connectivity index (χ0) is 15.1. The molecule has 0 saturated heterocycles. The van der Waals surface area contributed by atoms with E-state index in [-0.39, 0.29) is 22.1 Å². The van der Waals surface area contributed by atoms with Gasteiger partial charge in [0, 0.05) is 23.8 Å². The molecular formula is C15H32N2OS. The topological polar surface area (TPSA) is 55.1 Å². The maximum atomic E-state index is 11.9. The van der Waals surface area contributed by atoms with Gasteiger partial charge in [-0.25, -0.2) is 0 Å². The van der Waals surface area contributed by atoms with Crippen LogP contribution in [-0.2, 0) is 4.79 Å². The minimum Gasteiger partial charge on any atom is -0.355 e. The fraction of sp³-hybridized carbons (Fsp3) is 0.933. The maximum Gasteiger partial charge on any atom is 0.221 e. The Balaban J connectivity index is 4.18. The van der Waals surface area contributed by atoms with Crippen LogP contribution < -0.4 is 11.1 Å². The summed E-state index contributed by atoms with van der Waals surface area (Å²) < 4.78 is 0.170. The molecule has 3 N–H and O–H groups in total. The molecule has 19 heavy (non-hydrogen) atoms. The highest BCUT2D eigenvalue weighted by Gasteiger charge is 2.26. The van der Waals surface area contributed by atoms with Crippen LogP contribution in [0.1, 0.15) is 60.3 Å². The zero-order valence-electron chi connectivity index (χ0n) is 13.5. The van der Waals surface area contributed by atoms with Gasteiger partial charge in [0.2, 0.25) is 5.91 Å². The van der Waals surface area contributed by atoms with Gasteiger partial charge in [0.1, 0.15) is 0 Å². The van der Waals surface area contributed by atoms with Gasteiger partial charge in [-0.3, -0.25) is 4.79 Å². The molecular weight excluding hydrogens is 256 g/mol. The Labute approximate surface area is 123 Å². The van der Waals surface area contributed by atoms with Crippen molar-refractivity contribution in [2.24, 2.45) is 11.1 Å². The molecule has 1 amide bonds. The van der Waals surface area contributed by atoms with E-state index in [0.717, 1.165) is 25.8 Å². The molecule has 0 bridgehead atoms. The van der Waals surface area contributed by atoms with Crippen molar-refractivity contribution in [2.45, 2.75) is 71.1 Å². The van der Waals surface area contributed by atoms with E-state index in [1.807, 2.05) is 11.8 Å². The molecule has 0 spiro atoms. The summed E-state index contributed by atoms with van der Waals surface area (Å²) in [5.41, 5.74) is 6.21. The highest BCUT2D eigenvalue weighted by Crippen LogP contribution is 2.29. The van der Waals surface area contributed by atoms with E-state index in [2.05, 4.69) is 46.2 Å². The van der Waals surface area contributed by atoms with E-state index in [1.54, 1.807) is 0 Å². The molecule has 0 aliphatic carbocycles. The third-order valence-corrected chi connectivity index (χ3v) is 5.24. The van der Waals surface area contributed by atoms with Crippen molar-refractivity contribution in [3.63, 3.8) is 0 Å². The van der Waals surface area contributed by atoms with Crippen molar-refractivity contribution < 1.29 is 4.79 Å². The number of amides is 1. The fourth-order valence-electron chi connectivity index (χ4n) is 2.29. The van der Waals surface area contributed by atoms with Crippen molar-refractivity contribution in [3.8, 4) is 0 Å². The number of hydrogen-bond acceptors (Lipinski definition) is 3. The summed E-state index contributed by atoms with van der Waals surface area (Å²) in [7, 11) is 0. The molecule has 0 aromatic heterocycles. The first-order valence-corrected chi connectivity index (χ1v) is 8.48. The van der Waals surface area contributed by atoms with Gasteiger partial charge in [-0.15, -0.1) is 0 Å². The molecule has 0 aromatic carbocycles. The summed E-state index contributed by atoms with van der Waals surface area (Å²) in [4.78, 5) is 11.9. The first-order valence-electron chi connectivity index (χ1n) is 7.25. The number of carbonyl (C=O) groups is 1. The van der Waals surface area contributed by atoms with Crippen LogP contribution in [0.25, 0.3) is 0 Å². The van der Waals surface area contributed by atoms with Gasteiger partial charge in [-0.05, 0) is 30.9 Å². The average molecular weight is 289 g/mol. The Morgan fingerprint density at radius 3 is 2.16 bits per heavy atom. The maximum absolute atomic E-state index is 11.9. The van der Waals surface area contributed by atoms with E-state index in [9.17, 15) is 4.79 Å². The van der Waals surface area contributed by atoms with Crippen LogP contribution >= 0.6 is 11.8 Å². The van der Waals surface area contributed by atoms with Crippen molar-refractivity contribution in [1.29, 1.82) is 0 Å². The molecule has 4 heteroatoms. The third-order valence-electron chi connectivity index (χ3n) is 3.65. The van der Waals surface area contributed by atoms with Crippen LogP contribution in [0.3, 0.4) is 0 Å². The molecule has 0 saturated carbocycles. The Kier molecular flexibility index (Phi) is 8.06. The fourth-order valence-corrected chi connectivity index (χ4v) is 3.08. The quantitative estimate of drug-likeness (QED) is 0.721. The predicted molar refractivity (Wildman–Crippen MR) is 86.5 cm³/mol. The van der Waals surface area contributed by atoms with Crippen LogP contribution in [0.5, 0.6) is 0 Å². The monoisotopic (exact) mass is 288 g/mol. The first kappa shape index (κ1) is 18.8. The van der Waals surface area contributed by atoms with Gasteiger partial charge in [0.25, 0.3) is 0 Å². The number of nitrogens with two attached hydrogens (primary N) is 1. The Morgan fingerprint density at radius 1 is 1.26 bits per heavy atom. The number of hydrogen-bond donors (Lipinski definition) is 2. The average Bonchev–Trinajstić information content (AvgIpc) is 2.29. The lowest BCUT2D eigenvalue weighted by molar-refractivity contribution is -0.121. The second-order valence-electron chi connectivity index (χ2n) is 6.60. The molecule has 0 aromatic rings. The molecule has 114 valence electrons. The van der Waals surface area contributed by atoms with Gasteiger partial charge in [0.15, 0.2) is 0 Å². The number of thioether (sulfide) groups is 1.